The molecule has 1 aromatic rings. The Labute approximate surface area is 113 Å². The van der Waals surface area contributed by atoms with E-state index in [4.69, 9.17) is 11.6 Å². The number of aryl methyl sites for hydroxylation is 1. The number of rotatable bonds is 1. The zero-order valence-electron chi connectivity index (χ0n) is 10.1. The van der Waals surface area contributed by atoms with E-state index >= 15 is 0 Å². The Morgan fingerprint density at radius 3 is 2.37 bits per heavy atom. The van der Waals surface area contributed by atoms with Crippen LogP contribution in [0.15, 0.2) is 34.9 Å². The Balaban J connectivity index is 2.31. The third kappa shape index (κ3) is 2.76. The van der Waals surface area contributed by atoms with Crippen molar-refractivity contribution < 1.29 is 18.0 Å². The Bertz CT molecular complexity index is 534. The highest BCUT2D eigenvalue weighted by atomic mass is 35.5. The van der Waals surface area contributed by atoms with Crippen LogP contribution >= 0.6 is 11.6 Å². The van der Waals surface area contributed by atoms with Crippen LogP contribution in [0.5, 0.6) is 0 Å². The Morgan fingerprint density at radius 2 is 1.84 bits per heavy atom. The topological polar surface area (TPSA) is 20.3 Å². The Morgan fingerprint density at radius 1 is 1.26 bits per heavy atom. The summed E-state index contributed by atoms with van der Waals surface area (Å²) in [7, 11) is 0. The van der Waals surface area contributed by atoms with Crippen LogP contribution in [0.25, 0.3) is 0 Å². The zero-order valence-corrected chi connectivity index (χ0v) is 10.8. The molecule has 1 aromatic carbocycles. The lowest BCUT2D eigenvalue weighted by Gasteiger charge is -2.15. The lowest BCUT2D eigenvalue weighted by atomic mass is 10.2. The highest BCUT2D eigenvalue weighted by Crippen LogP contribution is 2.36. The molecule has 1 fully saturated rings. The predicted octanol–water partition coefficient (Wildman–Crippen LogP) is 3.79. The average molecular weight is 290 g/mol. The van der Waals surface area contributed by atoms with E-state index < -0.39 is 17.1 Å². The number of hydrogen-bond donors (Lipinski definition) is 0. The van der Waals surface area contributed by atoms with Gasteiger partial charge in [-0.1, -0.05) is 29.3 Å². The molecular weight excluding hydrogens is 279 g/mol. The van der Waals surface area contributed by atoms with Gasteiger partial charge in [-0.2, -0.15) is 13.2 Å². The summed E-state index contributed by atoms with van der Waals surface area (Å²) in [6, 6.07) is 7.01. The summed E-state index contributed by atoms with van der Waals surface area (Å²) in [6.07, 6.45) is -4.67. The second-order valence-electron chi connectivity index (χ2n) is 4.33. The van der Waals surface area contributed by atoms with Crippen molar-refractivity contribution >= 4 is 23.2 Å². The summed E-state index contributed by atoms with van der Waals surface area (Å²) in [5, 5.41) is -1.31. The molecule has 19 heavy (non-hydrogen) atoms. The maximum Gasteiger partial charge on any atom is 0.427 e. The highest BCUT2D eigenvalue weighted by molar-refractivity contribution is 6.33. The molecule has 0 bridgehead atoms. The van der Waals surface area contributed by atoms with Gasteiger partial charge in [0, 0.05) is 17.8 Å². The van der Waals surface area contributed by atoms with E-state index in [1.807, 2.05) is 6.92 Å². The number of alkyl halides is 3. The largest absolute Gasteiger partial charge is 0.427 e. The van der Waals surface area contributed by atoms with E-state index in [2.05, 4.69) is 0 Å². The van der Waals surface area contributed by atoms with Crippen LogP contribution in [-0.4, -0.2) is 18.6 Å². The molecule has 102 valence electrons. The standard InChI is InChI=1S/C13H11ClF3NO/c1-8-2-4-9(5-3-8)18-7-6-10(12(18)19)11(14)13(15,16)17/h2-5H,6-7H2,1H3/b11-10-. The number of amides is 1. The van der Waals surface area contributed by atoms with Crippen LogP contribution in [-0.2, 0) is 4.79 Å². The molecule has 0 N–H and O–H groups in total. The van der Waals surface area contributed by atoms with Gasteiger partial charge in [0.25, 0.3) is 5.91 Å². The van der Waals surface area contributed by atoms with Crippen molar-refractivity contribution in [3.05, 3.63) is 40.4 Å². The van der Waals surface area contributed by atoms with Crippen molar-refractivity contribution in [2.75, 3.05) is 11.4 Å². The fourth-order valence-electron chi connectivity index (χ4n) is 1.94. The second-order valence-corrected chi connectivity index (χ2v) is 4.71. The summed E-state index contributed by atoms with van der Waals surface area (Å²) in [6.45, 7) is 2.10. The van der Waals surface area contributed by atoms with E-state index in [1.54, 1.807) is 24.3 Å². The van der Waals surface area contributed by atoms with E-state index in [1.165, 1.54) is 4.90 Å². The normalized spacial score (nSPS) is 19.0. The molecule has 1 aliphatic heterocycles. The maximum absolute atomic E-state index is 12.5. The molecule has 0 unspecified atom stereocenters. The van der Waals surface area contributed by atoms with Gasteiger partial charge in [-0.3, -0.25) is 4.79 Å². The lowest BCUT2D eigenvalue weighted by molar-refractivity contribution is -0.115. The molecule has 1 aliphatic rings. The maximum atomic E-state index is 12.5. The summed E-state index contributed by atoms with van der Waals surface area (Å²) < 4.78 is 37.5. The minimum Gasteiger partial charge on any atom is -0.308 e. The highest BCUT2D eigenvalue weighted by Gasteiger charge is 2.40. The van der Waals surface area contributed by atoms with Gasteiger partial charge in [-0.15, -0.1) is 0 Å². The fourth-order valence-corrected chi connectivity index (χ4v) is 2.12. The van der Waals surface area contributed by atoms with Gasteiger partial charge in [-0.25, -0.2) is 0 Å². The van der Waals surface area contributed by atoms with Crippen LogP contribution < -0.4 is 4.90 Å². The van der Waals surface area contributed by atoms with Crippen molar-refractivity contribution in [3.63, 3.8) is 0 Å². The van der Waals surface area contributed by atoms with Crippen molar-refractivity contribution in [1.82, 2.24) is 0 Å². The van der Waals surface area contributed by atoms with Gasteiger partial charge < -0.3 is 4.90 Å². The predicted molar refractivity (Wildman–Crippen MR) is 67.1 cm³/mol. The zero-order chi connectivity index (χ0) is 14.2. The summed E-state index contributed by atoms with van der Waals surface area (Å²) in [5.41, 5.74) is 1.23. The van der Waals surface area contributed by atoms with Gasteiger partial charge in [0.15, 0.2) is 0 Å². The molecule has 2 nitrogen and oxygen atoms in total. The summed E-state index contributed by atoms with van der Waals surface area (Å²) in [5.74, 6) is -0.675. The summed E-state index contributed by atoms with van der Waals surface area (Å²) in [4.78, 5) is 13.3. The smallest absolute Gasteiger partial charge is 0.308 e. The number of carbonyl (C=O) groups is 1. The van der Waals surface area contributed by atoms with Gasteiger partial charge in [0.2, 0.25) is 0 Å². The average Bonchev–Trinajstić information content (AvgIpc) is 2.70. The minimum absolute atomic E-state index is 0.00501. The number of hydrogen-bond acceptors (Lipinski definition) is 1. The molecular formula is C13H11ClF3NO. The molecule has 2 rings (SSSR count). The molecule has 0 aromatic heterocycles. The van der Waals surface area contributed by atoms with Gasteiger partial charge in [0.1, 0.15) is 5.03 Å². The number of allylic oxidation sites excluding steroid dienone is 1. The Hall–Kier alpha value is -1.49. The second kappa shape index (κ2) is 4.89. The molecule has 0 saturated carbocycles. The molecule has 1 amide bonds. The molecule has 0 atom stereocenters. The van der Waals surface area contributed by atoms with Gasteiger partial charge in [0.05, 0.1) is 0 Å². The third-order valence-corrected chi connectivity index (χ3v) is 3.39. The Kier molecular flexibility index (Phi) is 3.58. The fraction of sp³-hybridized carbons (Fsp3) is 0.308. The van der Waals surface area contributed by atoms with Crippen LogP contribution in [0, 0.1) is 6.92 Å². The lowest BCUT2D eigenvalue weighted by Crippen LogP contribution is -2.25. The molecule has 1 heterocycles. The minimum atomic E-state index is -4.67. The van der Waals surface area contributed by atoms with Crippen LogP contribution in [0.1, 0.15) is 12.0 Å². The van der Waals surface area contributed by atoms with E-state index in [0.29, 0.717) is 5.69 Å². The molecule has 1 saturated heterocycles. The van der Waals surface area contributed by atoms with Gasteiger partial charge >= 0.3 is 6.18 Å². The molecule has 6 heteroatoms. The number of carbonyl (C=O) groups excluding carboxylic acids is 1. The number of anilines is 1. The first-order chi connectivity index (χ1) is 8.80. The van der Waals surface area contributed by atoms with E-state index in [-0.39, 0.29) is 18.5 Å². The first kappa shape index (κ1) is 13.9. The number of nitrogens with zero attached hydrogens (tertiary/aromatic N) is 1. The molecule has 0 spiro atoms. The number of halogens is 4. The van der Waals surface area contributed by atoms with Crippen molar-refractivity contribution in [3.8, 4) is 0 Å². The molecule has 0 radical (unpaired) electrons. The van der Waals surface area contributed by atoms with Crippen molar-refractivity contribution in [2.45, 2.75) is 19.5 Å². The van der Waals surface area contributed by atoms with E-state index in [9.17, 15) is 18.0 Å². The first-order valence-corrected chi connectivity index (χ1v) is 6.03. The summed E-state index contributed by atoms with van der Waals surface area (Å²) >= 11 is 5.24. The number of benzene rings is 1. The SMILES string of the molecule is Cc1ccc(N2CC/C(=C(/Cl)C(F)(F)F)C2=O)cc1. The van der Waals surface area contributed by atoms with E-state index in [0.717, 1.165) is 5.56 Å². The van der Waals surface area contributed by atoms with Gasteiger partial charge in [-0.05, 0) is 25.5 Å². The van der Waals surface area contributed by atoms with Crippen molar-refractivity contribution in [1.29, 1.82) is 0 Å². The van der Waals surface area contributed by atoms with Crippen LogP contribution in [0.4, 0.5) is 18.9 Å². The van der Waals surface area contributed by atoms with Crippen LogP contribution in [0.2, 0.25) is 0 Å². The first-order valence-electron chi connectivity index (χ1n) is 5.65. The molecule has 0 aliphatic carbocycles. The monoisotopic (exact) mass is 289 g/mol. The van der Waals surface area contributed by atoms with Crippen molar-refractivity contribution in [2.24, 2.45) is 0 Å². The quantitative estimate of drug-likeness (QED) is 0.720. The van der Waals surface area contributed by atoms with Crippen LogP contribution in [0.3, 0.4) is 0 Å². The third-order valence-electron chi connectivity index (χ3n) is 2.95.